The highest BCUT2D eigenvalue weighted by Gasteiger charge is 2.27. The van der Waals surface area contributed by atoms with Crippen molar-refractivity contribution in [2.75, 3.05) is 5.75 Å². The zero-order chi connectivity index (χ0) is 19.0. The van der Waals surface area contributed by atoms with Crippen LogP contribution in [-0.2, 0) is 4.79 Å². The molecule has 2 N–H and O–H groups in total. The van der Waals surface area contributed by atoms with Crippen LogP contribution in [0.4, 0.5) is 4.39 Å². The van der Waals surface area contributed by atoms with Crippen molar-refractivity contribution in [3.05, 3.63) is 51.9 Å². The lowest BCUT2D eigenvalue weighted by Crippen LogP contribution is -2.35. The Morgan fingerprint density at radius 1 is 1.48 bits per heavy atom. The lowest BCUT2D eigenvalue weighted by atomic mass is 10.0. The molecule has 1 aliphatic rings. The van der Waals surface area contributed by atoms with E-state index in [2.05, 4.69) is 15.5 Å². The summed E-state index contributed by atoms with van der Waals surface area (Å²) in [5, 5.41) is 12.1. The summed E-state index contributed by atoms with van der Waals surface area (Å²) in [6.07, 6.45) is 0.758. The second kappa shape index (κ2) is 7.57. The maximum atomic E-state index is 13.7. The Hall–Kier alpha value is -1.97. The highest BCUT2D eigenvalue weighted by molar-refractivity contribution is 7.99. The van der Waals surface area contributed by atoms with Crippen molar-refractivity contribution in [2.24, 2.45) is 0 Å². The Labute approximate surface area is 169 Å². The third kappa shape index (κ3) is 3.59. The van der Waals surface area contributed by atoms with Crippen LogP contribution < -0.4 is 5.32 Å². The van der Waals surface area contributed by atoms with Crippen LogP contribution in [0.25, 0.3) is 10.7 Å². The van der Waals surface area contributed by atoms with Crippen molar-refractivity contribution in [1.82, 2.24) is 20.1 Å². The fourth-order valence-corrected chi connectivity index (χ4v) is 5.27. The largest absolute Gasteiger partial charge is 0.347 e. The molecule has 0 radical (unpaired) electrons. The molecule has 0 bridgehead atoms. The monoisotopic (exact) mass is 420 g/mol. The molecule has 1 amide bonds. The number of H-pyrrole nitrogens is 1. The summed E-state index contributed by atoms with van der Waals surface area (Å²) in [5.41, 5.74) is 0.834. The third-order valence-electron chi connectivity index (χ3n) is 4.54. The predicted molar refractivity (Wildman–Crippen MR) is 108 cm³/mol. The fourth-order valence-electron chi connectivity index (χ4n) is 3.17. The number of carbonyl (C=O) groups excluding carboxylic acids is 1. The van der Waals surface area contributed by atoms with Crippen LogP contribution in [0.1, 0.15) is 31.0 Å². The van der Waals surface area contributed by atoms with E-state index >= 15 is 0 Å². The van der Waals surface area contributed by atoms with Crippen LogP contribution in [0.15, 0.2) is 40.6 Å². The number of thiophene rings is 1. The SMILES string of the molecule is CC(C(=O)NC1CCSc2ccc(F)cc21)n1c(-c2cccs2)n[nH]c1=S. The van der Waals surface area contributed by atoms with Gasteiger partial charge in [0, 0.05) is 10.6 Å². The number of fused-ring (bicyclic) bond motifs is 1. The molecule has 2 unspecified atom stereocenters. The smallest absolute Gasteiger partial charge is 0.243 e. The van der Waals surface area contributed by atoms with Gasteiger partial charge in [0.1, 0.15) is 11.9 Å². The second-order valence-electron chi connectivity index (χ2n) is 6.26. The quantitative estimate of drug-likeness (QED) is 0.600. The molecule has 0 fully saturated rings. The first-order chi connectivity index (χ1) is 13.0. The highest BCUT2D eigenvalue weighted by atomic mass is 32.2. The fraction of sp³-hybridized carbons (Fsp3) is 0.278. The van der Waals surface area contributed by atoms with Crippen LogP contribution in [0.5, 0.6) is 0 Å². The van der Waals surface area contributed by atoms with Crippen molar-refractivity contribution in [3.63, 3.8) is 0 Å². The Bertz CT molecular complexity index is 1030. The van der Waals surface area contributed by atoms with Gasteiger partial charge >= 0.3 is 0 Å². The van der Waals surface area contributed by atoms with E-state index in [4.69, 9.17) is 12.2 Å². The van der Waals surface area contributed by atoms with Gasteiger partial charge in [-0.25, -0.2) is 4.39 Å². The number of hydrogen-bond acceptors (Lipinski definition) is 5. The normalized spacial score (nSPS) is 17.3. The number of carbonyl (C=O) groups is 1. The topological polar surface area (TPSA) is 62.7 Å². The molecular formula is C18H17FN4OS3. The highest BCUT2D eigenvalue weighted by Crippen LogP contribution is 2.37. The van der Waals surface area contributed by atoms with Gasteiger partial charge in [0.15, 0.2) is 10.6 Å². The number of amides is 1. The molecule has 9 heteroatoms. The number of aromatic nitrogens is 3. The molecule has 1 aliphatic heterocycles. The molecule has 0 spiro atoms. The summed E-state index contributed by atoms with van der Waals surface area (Å²) in [5.74, 6) is 1.06. The number of thioether (sulfide) groups is 1. The van der Waals surface area contributed by atoms with Crippen LogP contribution in [-0.4, -0.2) is 26.4 Å². The number of nitrogens with zero attached hydrogens (tertiary/aromatic N) is 2. The summed E-state index contributed by atoms with van der Waals surface area (Å²) in [7, 11) is 0. The standard InChI is InChI=1S/C18H17FN4OS3/c1-10(23-16(21-22-18(23)25)15-3-2-7-26-15)17(24)20-13-6-8-27-14-5-4-11(19)9-12(13)14/h2-5,7,9-10,13H,6,8H2,1H3,(H,20,24)(H,22,25). The molecule has 27 heavy (non-hydrogen) atoms. The number of halogens is 1. The second-order valence-corrected chi connectivity index (χ2v) is 8.73. The molecule has 0 saturated heterocycles. The average Bonchev–Trinajstić information content (AvgIpc) is 3.31. The van der Waals surface area contributed by atoms with Gasteiger partial charge in [-0.1, -0.05) is 6.07 Å². The molecule has 0 aliphatic carbocycles. The van der Waals surface area contributed by atoms with Crippen LogP contribution >= 0.6 is 35.3 Å². The van der Waals surface area contributed by atoms with Gasteiger partial charge in [0.05, 0.1) is 10.9 Å². The van der Waals surface area contributed by atoms with E-state index in [1.807, 2.05) is 17.5 Å². The number of hydrogen-bond donors (Lipinski definition) is 2. The summed E-state index contributed by atoms with van der Waals surface area (Å²) < 4.78 is 15.8. The summed E-state index contributed by atoms with van der Waals surface area (Å²) in [6, 6.07) is 7.86. The minimum absolute atomic E-state index is 0.169. The molecule has 0 saturated carbocycles. The van der Waals surface area contributed by atoms with E-state index in [1.54, 1.807) is 29.3 Å². The molecule has 4 rings (SSSR count). The lowest BCUT2D eigenvalue weighted by molar-refractivity contribution is -0.124. The van der Waals surface area contributed by atoms with Gasteiger partial charge in [-0.15, -0.1) is 23.1 Å². The maximum absolute atomic E-state index is 13.7. The Balaban J connectivity index is 1.60. The van der Waals surface area contributed by atoms with Gasteiger partial charge < -0.3 is 5.32 Å². The van der Waals surface area contributed by atoms with E-state index in [0.29, 0.717) is 10.6 Å². The van der Waals surface area contributed by atoms with Gasteiger partial charge in [0.25, 0.3) is 0 Å². The molecule has 140 valence electrons. The molecular weight excluding hydrogens is 403 g/mol. The molecule has 5 nitrogen and oxygen atoms in total. The summed E-state index contributed by atoms with van der Waals surface area (Å²) in [6.45, 7) is 1.79. The van der Waals surface area contributed by atoms with E-state index in [9.17, 15) is 9.18 Å². The first-order valence-corrected chi connectivity index (χ1v) is 10.8. The van der Waals surface area contributed by atoms with Crippen molar-refractivity contribution in [1.29, 1.82) is 0 Å². The zero-order valence-electron chi connectivity index (χ0n) is 14.4. The maximum Gasteiger partial charge on any atom is 0.243 e. The number of rotatable bonds is 4. The summed E-state index contributed by atoms with van der Waals surface area (Å²) >= 11 is 8.56. The average molecular weight is 421 g/mol. The van der Waals surface area contributed by atoms with Gasteiger partial charge in [-0.2, -0.15) is 5.10 Å². The number of aromatic amines is 1. The van der Waals surface area contributed by atoms with Crippen molar-refractivity contribution in [3.8, 4) is 10.7 Å². The first-order valence-electron chi connectivity index (χ1n) is 8.48. The zero-order valence-corrected chi connectivity index (χ0v) is 16.9. The summed E-state index contributed by atoms with van der Waals surface area (Å²) in [4.78, 5) is 14.9. The molecule has 1 aromatic carbocycles. The Kier molecular flexibility index (Phi) is 5.16. The van der Waals surface area contributed by atoms with E-state index in [1.165, 1.54) is 23.5 Å². The van der Waals surface area contributed by atoms with Crippen molar-refractivity contribution in [2.45, 2.75) is 30.3 Å². The minimum Gasteiger partial charge on any atom is -0.347 e. The molecule has 3 aromatic rings. The first kappa shape index (κ1) is 18.4. The minimum atomic E-state index is -0.542. The lowest BCUT2D eigenvalue weighted by Gasteiger charge is -2.27. The molecule has 2 atom stereocenters. The molecule has 3 heterocycles. The van der Waals surface area contributed by atoms with E-state index in [0.717, 1.165) is 27.5 Å². The van der Waals surface area contributed by atoms with Crippen LogP contribution in [0.2, 0.25) is 0 Å². The predicted octanol–water partition coefficient (Wildman–Crippen LogP) is 4.72. The Morgan fingerprint density at radius 3 is 3.11 bits per heavy atom. The van der Waals surface area contributed by atoms with Crippen molar-refractivity contribution < 1.29 is 9.18 Å². The van der Waals surface area contributed by atoms with Crippen molar-refractivity contribution >= 4 is 41.2 Å². The Morgan fingerprint density at radius 2 is 2.33 bits per heavy atom. The van der Waals surface area contributed by atoms with Gasteiger partial charge in [-0.05, 0) is 60.8 Å². The third-order valence-corrected chi connectivity index (χ3v) is 6.82. The van der Waals surface area contributed by atoms with Gasteiger partial charge in [0.2, 0.25) is 5.91 Å². The van der Waals surface area contributed by atoms with Gasteiger partial charge in [-0.3, -0.25) is 14.5 Å². The number of nitrogens with one attached hydrogen (secondary N) is 2. The molecule has 2 aromatic heterocycles. The van der Waals surface area contributed by atoms with E-state index in [-0.39, 0.29) is 17.8 Å². The number of benzene rings is 1. The van der Waals surface area contributed by atoms with Crippen LogP contribution in [0, 0.1) is 10.6 Å². The van der Waals surface area contributed by atoms with E-state index < -0.39 is 6.04 Å². The van der Waals surface area contributed by atoms with Crippen LogP contribution in [0.3, 0.4) is 0 Å².